The predicted molar refractivity (Wildman–Crippen MR) is 99.1 cm³/mol. The number of carboxylic acids is 1. The first-order valence-corrected chi connectivity index (χ1v) is 9.45. The Balaban J connectivity index is 1.81. The lowest BCUT2D eigenvalue weighted by Crippen LogP contribution is -2.40. The molecule has 0 aliphatic heterocycles. The van der Waals surface area contributed by atoms with E-state index in [0.717, 1.165) is 18.4 Å². The van der Waals surface area contributed by atoms with Crippen molar-refractivity contribution in [2.45, 2.75) is 25.7 Å². The Morgan fingerprint density at radius 1 is 1.24 bits per heavy atom. The molecule has 0 spiro atoms. The predicted octanol–water partition coefficient (Wildman–Crippen LogP) is 4.32. The lowest BCUT2D eigenvalue weighted by molar-refractivity contribution is -0.148. The number of thiazole rings is 1. The Morgan fingerprint density at radius 3 is 2.60 bits per heavy atom. The second kappa shape index (κ2) is 7.54. The van der Waals surface area contributed by atoms with E-state index >= 15 is 0 Å². The summed E-state index contributed by atoms with van der Waals surface area (Å²) in [6.45, 7) is 0. The number of amides is 1. The SMILES string of the molecule is CN(C(=O)[C@@H]1CCCC[C@@H]1C(=O)O)c1nc(-c2ccccc2Cl)cs1. The Morgan fingerprint density at radius 2 is 1.92 bits per heavy atom. The van der Waals surface area contributed by atoms with Crippen molar-refractivity contribution in [3.63, 3.8) is 0 Å². The molecule has 1 aliphatic rings. The van der Waals surface area contributed by atoms with E-state index in [1.54, 1.807) is 13.1 Å². The van der Waals surface area contributed by atoms with Crippen LogP contribution in [0.5, 0.6) is 0 Å². The van der Waals surface area contributed by atoms with Crippen LogP contribution in [-0.2, 0) is 9.59 Å². The van der Waals surface area contributed by atoms with Crippen molar-refractivity contribution < 1.29 is 14.7 Å². The van der Waals surface area contributed by atoms with Gasteiger partial charge in [0.25, 0.3) is 0 Å². The van der Waals surface area contributed by atoms with Gasteiger partial charge in [0.1, 0.15) is 0 Å². The Labute approximate surface area is 155 Å². The fourth-order valence-electron chi connectivity index (χ4n) is 3.28. The maximum absolute atomic E-state index is 12.8. The van der Waals surface area contributed by atoms with E-state index in [9.17, 15) is 14.7 Å². The third-order valence-corrected chi connectivity index (χ3v) is 5.91. The van der Waals surface area contributed by atoms with Crippen molar-refractivity contribution >= 4 is 39.9 Å². The Bertz CT molecular complexity index is 792. The van der Waals surface area contributed by atoms with Crippen molar-refractivity contribution in [1.29, 1.82) is 0 Å². The van der Waals surface area contributed by atoms with Gasteiger partial charge in [0.05, 0.1) is 17.5 Å². The molecule has 1 amide bonds. The summed E-state index contributed by atoms with van der Waals surface area (Å²) in [5, 5.41) is 12.4. The number of halogens is 1. The molecule has 0 radical (unpaired) electrons. The molecular formula is C18H19ClN2O3S. The second-order valence-corrected chi connectivity index (χ2v) is 7.47. The van der Waals surface area contributed by atoms with Gasteiger partial charge in [-0.15, -0.1) is 11.3 Å². The molecule has 1 aromatic heterocycles. The van der Waals surface area contributed by atoms with Gasteiger partial charge in [-0.1, -0.05) is 42.6 Å². The van der Waals surface area contributed by atoms with E-state index in [-0.39, 0.29) is 5.91 Å². The number of hydrogen-bond donors (Lipinski definition) is 1. The molecule has 1 N–H and O–H groups in total. The summed E-state index contributed by atoms with van der Waals surface area (Å²) in [6.07, 6.45) is 2.92. The van der Waals surface area contributed by atoms with Gasteiger partial charge in [0, 0.05) is 23.0 Å². The number of rotatable bonds is 4. The van der Waals surface area contributed by atoms with Gasteiger partial charge in [-0.3, -0.25) is 14.5 Å². The lowest BCUT2D eigenvalue weighted by atomic mass is 9.78. The van der Waals surface area contributed by atoms with E-state index in [0.29, 0.717) is 28.7 Å². The zero-order chi connectivity index (χ0) is 18.0. The molecule has 25 heavy (non-hydrogen) atoms. The first-order chi connectivity index (χ1) is 12.0. The van der Waals surface area contributed by atoms with Crippen LogP contribution in [0.1, 0.15) is 25.7 Å². The van der Waals surface area contributed by atoms with E-state index in [1.165, 1.54) is 16.2 Å². The highest BCUT2D eigenvalue weighted by atomic mass is 35.5. The largest absolute Gasteiger partial charge is 0.481 e. The minimum Gasteiger partial charge on any atom is -0.481 e. The molecule has 1 aromatic carbocycles. The molecule has 3 rings (SSSR count). The normalized spacial score (nSPS) is 20.2. The average Bonchev–Trinajstić information content (AvgIpc) is 3.10. The molecule has 1 saturated carbocycles. The van der Waals surface area contributed by atoms with Crippen LogP contribution in [0.3, 0.4) is 0 Å². The van der Waals surface area contributed by atoms with Crippen molar-refractivity contribution in [2.24, 2.45) is 11.8 Å². The van der Waals surface area contributed by atoms with Crippen molar-refractivity contribution in [3.05, 3.63) is 34.7 Å². The minimum absolute atomic E-state index is 0.174. The summed E-state index contributed by atoms with van der Waals surface area (Å²) in [5.74, 6) is -2.15. The fraction of sp³-hybridized carbons (Fsp3) is 0.389. The van der Waals surface area contributed by atoms with E-state index < -0.39 is 17.8 Å². The summed E-state index contributed by atoms with van der Waals surface area (Å²) >= 11 is 7.56. The number of nitrogens with zero attached hydrogens (tertiary/aromatic N) is 2. The highest BCUT2D eigenvalue weighted by molar-refractivity contribution is 7.14. The third kappa shape index (κ3) is 3.70. The zero-order valence-electron chi connectivity index (χ0n) is 13.8. The average molecular weight is 379 g/mol. The van der Waals surface area contributed by atoms with Gasteiger partial charge in [-0.25, -0.2) is 4.98 Å². The van der Waals surface area contributed by atoms with Gasteiger partial charge in [-0.2, -0.15) is 0 Å². The number of aromatic nitrogens is 1. The molecule has 1 aliphatic carbocycles. The topological polar surface area (TPSA) is 70.5 Å². The number of hydrogen-bond acceptors (Lipinski definition) is 4. The van der Waals surface area contributed by atoms with Crippen molar-refractivity contribution in [2.75, 3.05) is 11.9 Å². The van der Waals surface area contributed by atoms with Crippen LogP contribution in [0.15, 0.2) is 29.6 Å². The molecule has 1 heterocycles. The quantitative estimate of drug-likeness (QED) is 0.860. The van der Waals surface area contributed by atoms with Crippen LogP contribution in [0, 0.1) is 11.8 Å². The van der Waals surface area contributed by atoms with Gasteiger partial charge in [-0.05, 0) is 18.9 Å². The summed E-state index contributed by atoms with van der Waals surface area (Å²) < 4.78 is 0. The van der Waals surface area contributed by atoms with Gasteiger partial charge < -0.3 is 5.11 Å². The Kier molecular flexibility index (Phi) is 5.39. The number of benzene rings is 1. The first kappa shape index (κ1) is 17.9. The molecule has 7 heteroatoms. The van der Waals surface area contributed by atoms with Gasteiger partial charge in [0.2, 0.25) is 5.91 Å². The van der Waals surface area contributed by atoms with Crippen LogP contribution >= 0.6 is 22.9 Å². The maximum atomic E-state index is 12.8. The molecule has 0 bridgehead atoms. The monoisotopic (exact) mass is 378 g/mol. The molecule has 2 aromatic rings. The molecule has 5 nitrogen and oxygen atoms in total. The van der Waals surface area contributed by atoms with E-state index in [4.69, 9.17) is 11.6 Å². The van der Waals surface area contributed by atoms with E-state index in [2.05, 4.69) is 4.98 Å². The summed E-state index contributed by atoms with van der Waals surface area (Å²) in [4.78, 5) is 30.3. The molecule has 0 saturated heterocycles. The highest BCUT2D eigenvalue weighted by Crippen LogP contribution is 2.35. The third-order valence-electron chi connectivity index (χ3n) is 4.66. The Hall–Kier alpha value is -1.92. The van der Waals surface area contributed by atoms with Crippen LogP contribution in [0.25, 0.3) is 11.3 Å². The number of aliphatic carboxylic acids is 1. The van der Waals surface area contributed by atoms with Crippen LogP contribution in [-0.4, -0.2) is 29.0 Å². The standard InChI is InChI=1S/C18H19ClN2O3S/c1-21(16(22)11-6-2-3-7-12(11)17(23)24)18-20-15(10-25-18)13-8-4-5-9-14(13)19/h4-5,8-12H,2-3,6-7H2,1H3,(H,23,24)/t11-,12+/m1/s1. The van der Waals surface area contributed by atoms with Gasteiger partial charge in [0.15, 0.2) is 5.13 Å². The van der Waals surface area contributed by atoms with Crippen molar-refractivity contribution in [1.82, 2.24) is 4.98 Å². The summed E-state index contributed by atoms with van der Waals surface area (Å²) in [7, 11) is 1.66. The van der Waals surface area contributed by atoms with Crippen LogP contribution < -0.4 is 4.90 Å². The summed E-state index contributed by atoms with van der Waals surface area (Å²) in [6, 6.07) is 7.41. The fourth-order valence-corrected chi connectivity index (χ4v) is 4.30. The van der Waals surface area contributed by atoms with E-state index in [1.807, 2.05) is 23.6 Å². The molecule has 2 atom stereocenters. The smallest absolute Gasteiger partial charge is 0.307 e. The molecular weight excluding hydrogens is 360 g/mol. The molecule has 1 fully saturated rings. The summed E-state index contributed by atoms with van der Waals surface area (Å²) in [5.41, 5.74) is 1.53. The lowest BCUT2D eigenvalue weighted by Gasteiger charge is -2.30. The van der Waals surface area contributed by atoms with Crippen LogP contribution in [0.2, 0.25) is 5.02 Å². The number of carbonyl (C=O) groups is 2. The second-order valence-electron chi connectivity index (χ2n) is 6.23. The molecule has 0 unspecified atom stereocenters. The van der Waals surface area contributed by atoms with Crippen molar-refractivity contribution in [3.8, 4) is 11.3 Å². The molecule has 132 valence electrons. The maximum Gasteiger partial charge on any atom is 0.307 e. The highest BCUT2D eigenvalue weighted by Gasteiger charge is 2.37. The van der Waals surface area contributed by atoms with Crippen LogP contribution in [0.4, 0.5) is 5.13 Å². The first-order valence-electron chi connectivity index (χ1n) is 8.20. The number of anilines is 1. The van der Waals surface area contributed by atoms with Gasteiger partial charge >= 0.3 is 5.97 Å². The number of carbonyl (C=O) groups excluding carboxylic acids is 1. The minimum atomic E-state index is -0.887. The number of carboxylic acid groups (broad SMARTS) is 1. The zero-order valence-corrected chi connectivity index (χ0v) is 15.4.